The molecule has 0 radical (unpaired) electrons. The van der Waals surface area contributed by atoms with Crippen molar-refractivity contribution in [3.63, 3.8) is 0 Å². The van der Waals surface area contributed by atoms with Crippen LogP contribution in [-0.4, -0.2) is 22.2 Å². The fourth-order valence-corrected chi connectivity index (χ4v) is 7.05. The van der Waals surface area contributed by atoms with E-state index >= 15 is 0 Å². The van der Waals surface area contributed by atoms with Crippen molar-refractivity contribution in [1.82, 2.24) is 0 Å². The molecule has 0 saturated heterocycles. The minimum atomic E-state index is -1.13. The van der Waals surface area contributed by atoms with Gasteiger partial charge in [0.25, 0.3) is 0 Å². The number of nitrogens with one attached hydrogen (secondary N) is 1. The molecule has 0 spiro atoms. The van der Waals surface area contributed by atoms with E-state index in [1.54, 1.807) is 22.6 Å². The summed E-state index contributed by atoms with van der Waals surface area (Å²) >= 11 is 7.40. The van der Waals surface area contributed by atoms with Crippen LogP contribution in [0.4, 0.5) is 5.69 Å². The lowest BCUT2D eigenvalue weighted by Gasteiger charge is -2.14. The van der Waals surface area contributed by atoms with E-state index in [2.05, 4.69) is 3.53 Å². The molecule has 0 bridgehead atoms. The monoisotopic (exact) mass is 685 g/mol. The first kappa shape index (κ1) is 15.9. The highest BCUT2D eigenvalue weighted by Crippen LogP contribution is 2.36. The van der Waals surface area contributed by atoms with E-state index in [-0.39, 0.29) is 14.7 Å². The van der Waals surface area contributed by atoms with Crippen LogP contribution < -0.4 is 3.53 Å². The van der Waals surface area contributed by atoms with Crippen LogP contribution in [-0.2, 0) is 0 Å². The summed E-state index contributed by atoms with van der Waals surface area (Å²) in [6, 6.07) is 0. The predicted octanol–water partition coefficient (Wildman–Crippen LogP) is 3.66. The lowest BCUT2D eigenvalue weighted by Crippen LogP contribution is -2.14. The van der Waals surface area contributed by atoms with E-state index in [0.717, 1.165) is 0 Å². The zero-order valence-electron chi connectivity index (χ0n) is 7.72. The Kier molecular flexibility index (Phi) is 5.96. The van der Waals surface area contributed by atoms with E-state index in [9.17, 15) is 9.59 Å². The number of hydrogen-bond donors (Lipinski definition) is 3. The molecule has 5 nitrogen and oxygen atoms in total. The molecule has 0 aliphatic rings. The Balaban J connectivity index is 3.82. The van der Waals surface area contributed by atoms with Crippen molar-refractivity contribution >= 4 is 108 Å². The number of benzene rings is 1. The average molecular weight is 685 g/mol. The van der Waals surface area contributed by atoms with Gasteiger partial charge in [0.2, 0.25) is 0 Å². The van der Waals surface area contributed by atoms with Gasteiger partial charge in [-0.3, -0.25) is 0 Å². The zero-order valence-corrected chi connectivity index (χ0v) is 16.4. The van der Waals surface area contributed by atoms with Crippen molar-refractivity contribution in [3.8, 4) is 0 Å². The van der Waals surface area contributed by atoms with Gasteiger partial charge in [-0.2, -0.15) is 0 Å². The predicted molar refractivity (Wildman–Crippen MR) is 96.2 cm³/mol. The maximum Gasteiger partial charge on any atom is 0.337 e. The molecule has 1 rings (SSSR count). The summed E-state index contributed by atoms with van der Waals surface area (Å²) in [7, 11) is 0. The molecule has 3 N–H and O–H groups in total. The topological polar surface area (TPSA) is 86.6 Å². The van der Waals surface area contributed by atoms with Crippen molar-refractivity contribution in [2.24, 2.45) is 0 Å². The van der Waals surface area contributed by atoms with E-state index in [1.807, 2.05) is 68.0 Å². The fourth-order valence-electron chi connectivity index (χ4n) is 1.12. The Morgan fingerprint density at radius 2 is 1.24 bits per heavy atom. The second-order valence-corrected chi connectivity index (χ2v) is 6.55. The van der Waals surface area contributed by atoms with Crippen molar-refractivity contribution in [1.29, 1.82) is 0 Å². The molecular weight excluding hydrogens is 682 g/mol. The molecule has 0 amide bonds. The molecule has 0 heterocycles. The first-order valence-electron chi connectivity index (χ1n) is 3.86. The van der Waals surface area contributed by atoms with Crippen LogP contribution in [0.1, 0.15) is 20.7 Å². The summed E-state index contributed by atoms with van der Waals surface area (Å²) < 4.78 is 4.05. The zero-order chi connectivity index (χ0) is 13.3. The largest absolute Gasteiger partial charge is 0.478 e. The van der Waals surface area contributed by atoms with Gasteiger partial charge in [-0.05, 0) is 67.8 Å². The Labute approximate surface area is 151 Å². The van der Waals surface area contributed by atoms with Crippen LogP contribution in [0.2, 0.25) is 0 Å². The molecule has 0 saturated carbocycles. The summed E-state index contributed by atoms with van der Waals surface area (Å²) in [5.41, 5.74) is 0.549. The van der Waals surface area contributed by atoms with Gasteiger partial charge in [-0.25, -0.2) is 9.59 Å². The molecular formula is C8H3I4NO4. The Hall–Kier alpha value is 0.880. The molecule has 1 aromatic carbocycles. The van der Waals surface area contributed by atoms with Crippen LogP contribution >= 0.6 is 90.6 Å². The number of carbonyl (C=O) groups is 2. The number of carboxylic acids is 2. The summed E-state index contributed by atoms with van der Waals surface area (Å²) in [5.74, 6) is -2.27. The molecule has 9 heteroatoms. The van der Waals surface area contributed by atoms with Gasteiger partial charge in [0.1, 0.15) is 0 Å². The SMILES string of the molecule is O=C(O)c1c(I)c(NI)c(I)c(C(=O)O)c1I. The van der Waals surface area contributed by atoms with Gasteiger partial charge in [0, 0.05) is 3.57 Å². The highest BCUT2D eigenvalue weighted by atomic mass is 127. The second-order valence-electron chi connectivity index (χ2n) is 2.77. The first-order valence-corrected chi connectivity index (χ1v) is 8.18. The van der Waals surface area contributed by atoms with Gasteiger partial charge in [0.15, 0.2) is 0 Å². The van der Waals surface area contributed by atoms with Crippen LogP contribution in [0.25, 0.3) is 0 Å². The van der Waals surface area contributed by atoms with Gasteiger partial charge in [-0.15, -0.1) is 0 Å². The molecule has 1 aromatic rings. The van der Waals surface area contributed by atoms with Gasteiger partial charge in [0.05, 0.1) is 46.8 Å². The van der Waals surface area contributed by atoms with Crippen LogP contribution in [0.3, 0.4) is 0 Å². The molecule has 0 aromatic heterocycles. The maximum absolute atomic E-state index is 11.2. The lowest BCUT2D eigenvalue weighted by atomic mass is 10.1. The van der Waals surface area contributed by atoms with E-state index < -0.39 is 11.9 Å². The Morgan fingerprint density at radius 1 is 0.882 bits per heavy atom. The summed E-state index contributed by atoms with van der Waals surface area (Å²) in [6.07, 6.45) is 0. The minimum Gasteiger partial charge on any atom is -0.478 e. The standard InChI is InChI=1S/C8H3I4NO4/c9-3-1(7(14)15)4(10)6(13-12)5(11)2(3)8(16)17/h13H,(H,14,15)(H,16,17). The molecule has 0 aliphatic carbocycles. The van der Waals surface area contributed by atoms with Crippen molar-refractivity contribution in [3.05, 3.63) is 21.8 Å². The number of hydrogen-bond acceptors (Lipinski definition) is 3. The third kappa shape index (κ3) is 3.07. The quantitative estimate of drug-likeness (QED) is 0.335. The van der Waals surface area contributed by atoms with Gasteiger partial charge < -0.3 is 13.7 Å². The molecule has 0 aliphatic heterocycles. The smallest absolute Gasteiger partial charge is 0.337 e. The van der Waals surface area contributed by atoms with Crippen LogP contribution in [0.5, 0.6) is 0 Å². The Morgan fingerprint density at radius 3 is 1.47 bits per heavy atom. The average Bonchev–Trinajstić information content (AvgIpc) is 2.16. The third-order valence-electron chi connectivity index (χ3n) is 1.84. The summed E-state index contributed by atoms with van der Waals surface area (Å²) in [6.45, 7) is 0. The van der Waals surface area contributed by atoms with E-state index in [1.165, 1.54) is 0 Å². The van der Waals surface area contributed by atoms with Gasteiger partial charge >= 0.3 is 11.9 Å². The number of rotatable bonds is 3. The molecule has 0 atom stereocenters. The highest BCUT2D eigenvalue weighted by molar-refractivity contribution is 14.1. The second kappa shape index (κ2) is 6.36. The van der Waals surface area contributed by atoms with Crippen molar-refractivity contribution < 1.29 is 19.8 Å². The summed E-state index contributed by atoms with van der Waals surface area (Å²) in [5, 5.41) is 18.3. The maximum atomic E-state index is 11.2. The third-order valence-corrected chi connectivity index (χ3v) is 5.61. The van der Waals surface area contributed by atoms with Crippen molar-refractivity contribution in [2.45, 2.75) is 0 Å². The van der Waals surface area contributed by atoms with Crippen LogP contribution in [0.15, 0.2) is 0 Å². The first-order chi connectivity index (χ1) is 7.82. The molecule has 92 valence electrons. The van der Waals surface area contributed by atoms with Crippen molar-refractivity contribution in [2.75, 3.05) is 3.53 Å². The molecule has 17 heavy (non-hydrogen) atoms. The number of anilines is 1. The number of halogens is 4. The molecule has 0 fully saturated rings. The van der Waals surface area contributed by atoms with Gasteiger partial charge in [-0.1, -0.05) is 0 Å². The molecule has 0 unspecified atom stereocenters. The highest BCUT2D eigenvalue weighted by Gasteiger charge is 2.26. The van der Waals surface area contributed by atoms with E-state index in [4.69, 9.17) is 10.2 Å². The normalized spacial score (nSPS) is 10.1. The number of aromatic carboxylic acids is 2. The Bertz CT molecular complexity index is 476. The summed E-state index contributed by atoms with van der Waals surface area (Å²) in [4.78, 5) is 22.3. The van der Waals surface area contributed by atoms with Crippen LogP contribution in [0, 0.1) is 10.7 Å². The number of carboxylic acid groups (broad SMARTS) is 2. The minimum absolute atomic E-state index is 0.0168. The lowest BCUT2D eigenvalue weighted by molar-refractivity contribution is 0.0694. The van der Waals surface area contributed by atoms with E-state index in [0.29, 0.717) is 12.8 Å². The fraction of sp³-hybridized carbons (Fsp3) is 0.